The van der Waals surface area contributed by atoms with E-state index >= 15 is 0 Å². The lowest BCUT2D eigenvalue weighted by Crippen LogP contribution is -2.52. The van der Waals surface area contributed by atoms with Crippen LogP contribution >= 0.6 is 0 Å². The molecule has 0 amide bonds. The van der Waals surface area contributed by atoms with Crippen molar-refractivity contribution in [2.75, 3.05) is 7.11 Å². The number of aromatic hydroxyl groups is 2. The number of ketones is 3. The molecule has 0 bridgehead atoms. The molecule has 6 atom stereocenters. The number of nitrogens with two attached hydrogens (primary N) is 1. The first-order valence-electron chi connectivity index (χ1n) is 12.2. The second-order valence-corrected chi connectivity index (χ2v) is 10.1. The van der Waals surface area contributed by atoms with Gasteiger partial charge in [0.25, 0.3) is 0 Å². The fourth-order valence-corrected chi connectivity index (χ4v) is 5.69. The average molecular weight is 528 g/mol. The molecule has 0 saturated carbocycles. The molecule has 1 fully saturated rings. The van der Waals surface area contributed by atoms with Crippen LogP contribution in [0.5, 0.6) is 17.2 Å². The van der Waals surface area contributed by atoms with Crippen LogP contribution in [-0.2, 0) is 20.7 Å². The molecule has 1 aliphatic heterocycles. The molecule has 202 valence electrons. The lowest BCUT2D eigenvalue weighted by Gasteiger charge is -2.42. The topological polar surface area (TPSA) is 186 Å². The highest BCUT2D eigenvalue weighted by molar-refractivity contribution is 6.31. The second kappa shape index (κ2) is 9.14. The third-order valence-corrected chi connectivity index (χ3v) is 7.78. The highest BCUT2D eigenvalue weighted by atomic mass is 16.7. The first kappa shape index (κ1) is 26.3. The van der Waals surface area contributed by atoms with Crippen molar-refractivity contribution in [2.45, 2.75) is 69.4 Å². The van der Waals surface area contributed by atoms with Crippen LogP contribution in [0.1, 0.15) is 75.8 Å². The Kier molecular flexibility index (Phi) is 6.32. The largest absolute Gasteiger partial charge is 0.507 e. The number of hydrogen-bond acceptors (Lipinski definition) is 11. The average Bonchev–Trinajstić information content (AvgIpc) is 2.85. The predicted octanol–water partition coefficient (Wildman–Crippen LogP) is 1.03. The van der Waals surface area contributed by atoms with Crippen LogP contribution in [0.15, 0.2) is 18.2 Å². The molecular formula is C27H29NO10. The molecule has 0 aromatic heterocycles. The van der Waals surface area contributed by atoms with Gasteiger partial charge in [-0.2, -0.15) is 0 Å². The van der Waals surface area contributed by atoms with E-state index in [9.17, 15) is 34.8 Å². The van der Waals surface area contributed by atoms with E-state index in [4.69, 9.17) is 19.9 Å². The third kappa shape index (κ3) is 3.81. The number of aliphatic hydroxyl groups is 2. The quantitative estimate of drug-likeness (QED) is 0.326. The molecule has 1 heterocycles. The summed E-state index contributed by atoms with van der Waals surface area (Å²) in [6.45, 7) is 2.83. The van der Waals surface area contributed by atoms with E-state index < -0.39 is 65.1 Å². The number of ether oxygens (including phenoxy) is 3. The highest BCUT2D eigenvalue weighted by Gasteiger charge is 2.49. The second-order valence-electron chi connectivity index (χ2n) is 10.1. The zero-order valence-corrected chi connectivity index (χ0v) is 21.1. The zero-order valence-electron chi connectivity index (χ0n) is 21.1. The normalized spacial score (nSPS) is 30.3. The summed E-state index contributed by atoms with van der Waals surface area (Å²) < 4.78 is 17.6. The predicted molar refractivity (Wildman–Crippen MR) is 130 cm³/mol. The number of hydrogen-bond donors (Lipinski definition) is 5. The number of carbonyl (C=O) groups excluding carboxylic acids is 3. The maximum absolute atomic E-state index is 13.6. The van der Waals surface area contributed by atoms with Gasteiger partial charge in [-0.25, -0.2) is 0 Å². The molecule has 2 aromatic carbocycles. The fraction of sp³-hybridized carbons (Fsp3) is 0.444. The van der Waals surface area contributed by atoms with E-state index in [0.717, 1.165) is 0 Å². The van der Waals surface area contributed by atoms with Crippen LogP contribution < -0.4 is 10.5 Å². The van der Waals surface area contributed by atoms with E-state index in [2.05, 4.69) is 0 Å². The summed E-state index contributed by atoms with van der Waals surface area (Å²) in [5.41, 5.74) is 3.35. The maximum atomic E-state index is 13.6. The molecule has 2 aromatic rings. The molecular weight excluding hydrogens is 498 g/mol. The van der Waals surface area contributed by atoms with Crippen molar-refractivity contribution in [2.24, 2.45) is 5.73 Å². The first-order valence-corrected chi connectivity index (χ1v) is 12.2. The van der Waals surface area contributed by atoms with Crippen LogP contribution in [0, 0.1) is 0 Å². The number of methoxy groups -OCH3 is 1. The van der Waals surface area contributed by atoms with Gasteiger partial charge < -0.3 is 40.4 Å². The van der Waals surface area contributed by atoms with Gasteiger partial charge in [0.05, 0.1) is 42.1 Å². The summed E-state index contributed by atoms with van der Waals surface area (Å²) in [5, 5.41) is 43.2. The monoisotopic (exact) mass is 527 g/mol. The van der Waals surface area contributed by atoms with Gasteiger partial charge in [0.1, 0.15) is 22.8 Å². The van der Waals surface area contributed by atoms with Crippen molar-refractivity contribution < 1.29 is 49.0 Å². The van der Waals surface area contributed by atoms with E-state index in [1.54, 1.807) is 6.92 Å². The highest BCUT2D eigenvalue weighted by Crippen LogP contribution is 2.52. The van der Waals surface area contributed by atoms with E-state index in [1.165, 1.54) is 32.2 Å². The number of rotatable bonds is 4. The molecule has 11 nitrogen and oxygen atoms in total. The van der Waals surface area contributed by atoms with Crippen molar-refractivity contribution in [3.8, 4) is 17.2 Å². The summed E-state index contributed by atoms with van der Waals surface area (Å²) in [4.78, 5) is 39.6. The molecule has 6 N–H and O–H groups in total. The molecule has 0 radical (unpaired) electrons. The van der Waals surface area contributed by atoms with Gasteiger partial charge in [-0.05, 0) is 19.9 Å². The molecule has 0 unspecified atom stereocenters. The van der Waals surface area contributed by atoms with Gasteiger partial charge in [-0.3, -0.25) is 14.4 Å². The van der Waals surface area contributed by atoms with Crippen LogP contribution in [0.3, 0.4) is 0 Å². The van der Waals surface area contributed by atoms with Gasteiger partial charge >= 0.3 is 0 Å². The standard InChI is InChI=1S/C27H29NO10/c1-10-22(31)14(28)7-17(37-10)38-16-9-27(35,11(2)29)8-13-19(16)26(36-3)21-20(24(13)33)23(32)12-5-4-6-15(30)18(12)25(21)34/h4-6,10,14,16-17,22,30-31,33,35H,7-9,28H2,1-3H3/t10-,14-,16-,17-,22+,27-/m0/s1. The number of aliphatic hydroxyl groups excluding tert-OH is 1. The Morgan fingerprint density at radius 3 is 2.50 bits per heavy atom. The Morgan fingerprint density at radius 2 is 1.87 bits per heavy atom. The minimum Gasteiger partial charge on any atom is -0.507 e. The Balaban J connectivity index is 1.71. The summed E-state index contributed by atoms with van der Waals surface area (Å²) in [6, 6.07) is 3.37. The SMILES string of the molecule is COc1c2c(c(O)c3c1[C@@H](O[C@H]1C[C@H](N)[C@H](O)[C@H](C)O1)C[C@](O)(C(C)=O)C3)C(=O)c1cccc(O)c1C2=O. The van der Waals surface area contributed by atoms with E-state index in [-0.39, 0.29) is 58.4 Å². The van der Waals surface area contributed by atoms with Crippen LogP contribution in [0.25, 0.3) is 0 Å². The molecule has 2 aliphatic carbocycles. The molecule has 0 spiro atoms. The number of fused-ring (bicyclic) bond motifs is 3. The third-order valence-electron chi connectivity index (χ3n) is 7.78. The summed E-state index contributed by atoms with van der Waals surface area (Å²) >= 11 is 0. The summed E-state index contributed by atoms with van der Waals surface area (Å²) in [5.74, 6) is -3.10. The minimum absolute atomic E-state index is 0.0208. The smallest absolute Gasteiger partial charge is 0.202 e. The maximum Gasteiger partial charge on any atom is 0.202 e. The van der Waals surface area contributed by atoms with Crippen molar-refractivity contribution in [3.05, 3.63) is 51.6 Å². The van der Waals surface area contributed by atoms with Gasteiger partial charge in [0.2, 0.25) is 5.78 Å². The van der Waals surface area contributed by atoms with E-state index in [0.29, 0.717) is 0 Å². The van der Waals surface area contributed by atoms with Crippen molar-refractivity contribution in [3.63, 3.8) is 0 Å². The lowest BCUT2D eigenvalue weighted by atomic mass is 9.72. The number of benzene rings is 2. The summed E-state index contributed by atoms with van der Waals surface area (Å²) in [7, 11) is 1.28. The van der Waals surface area contributed by atoms with Crippen molar-refractivity contribution in [1.29, 1.82) is 0 Å². The molecule has 1 saturated heterocycles. The zero-order chi connectivity index (χ0) is 27.7. The molecule has 3 aliphatic rings. The Morgan fingerprint density at radius 1 is 1.16 bits per heavy atom. The van der Waals surface area contributed by atoms with Gasteiger partial charge in [-0.1, -0.05) is 12.1 Å². The van der Waals surface area contributed by atoms with Gasteiger partial charge in [0, 0.05) is 42.0 Å². The Labute approximate surface area is 217 Å². The number of phenols is 2. The van der Waals surface area contributed by atoms with E-state index in [1.807, 2.05) is 0 Å². The van der Waals surface area contributed by atoms with Crippen LogP contribution in [-0.4, -0.2) is 75.0 Å². The number of Topliss-reactive ketones (excluding diaryl/α,β-unsaturated/α-hetero) is 1. The van der Waals surface area contributed by atoms with Gasteiger partial charge in [-0.15, -0.1) is 0 Å². The number of phenolic OH excluding ortho intramolecular Hbond substituents is 2. The first-order chi connectivity index (χ1) is 17.9. The molecule has 38 heavy (non-hydrogen) atoms. The summed E-state index contributed by atoms with van der Waals surface area (Å²) in [6.07, 6.45) is -4.22. The fourth-order valence-electron chi connectivity index (χ4n) is 5.69. The minimum atomic E-state index is -1.96. The van der Waals surface area contributed by atoms with Gasteiger partial charge in [0.15, 0.2) is 17.9 Å². The van der Waals surface area contributed by atoms with Crippen molar-refractivity contribution in [1.82, 2.24) is 0 Å². The van der Waals surface area contributed by atoms with Crippen LogP contribution in [0.4, 0.5) is 0 Å². The molecule has 11 heteroatoms. The Hall–Kier alpha value is -3.35. The molecule has 5 rings (SSSR count). The lowest BCUT2D eigenvalue weighted by molar-refractivity contribution is -0.247. The van der Waals surface area contributed by atoms with Crippen molar-refractivity contribution >= 4 is 17.3 Å². The number of carbonyl (C=O) groups is 3. The Bertz CT molecular complexity index is 1360. The van der Waals surface area contributed by atoms with Crippen LogP contribution in [0.2, 0.25) is 0 Å².